The molecule has 0 aliphatic carbocycles. The zero-order valence-electron chi connectivity index (χ0n) is 17.4. The van der Waals surface area contributed by atoms with Crippen molar-refractivity contribution in [2.45, 2.75) is 45.1 Å². The zero-order chi connectivity index (χ0) is 19.5. The van der Waals surface area contributed by atoms with E-state index >= 15 is 0 Å². The summed E-state index contributed by atoms with van der Waals surface area (Å²) in [5.74, 6) is 0.739. The van der Waals surface area contributed by atoms with Crippen LogP contribution in [0.2, 0.25) is 0 Å². The largest absolute Gasteiger partial charge is 0.356 e. The molecule has 0 spiro atoms. The van der Waals surface area contributed by atoms with Crippen molar-refractivity contribution < 1.29 is 4.79 Å². The number of carbonyl (C=O) groups excluding carboxylic acids is 1. The standard InChI is InChI=1S/C20H35N5OS.HI/c1-17(25-13-5-4-6-14-25)9-11-21-20(23-16-19(26)24(2)3)22-12-10-18-8-7-15-27-18;/h7-8,15,17H,4-6,9-14,16H2,1-3H3,(H2,21,22,23);1H. The van der Waals surface area contributed by atoms with Gasteiger partial charge in [-0.3, -0.25) is 4.79 Å². The summed E-state index contributed by atoms with van der Waals surface area (Å²) in [4.78, 5) is 21.8. The van der Waals surface area contributed by atoms with Gasteiger partial charge in [-0.05, 0) is 57.1 Å². The molecule has 1 aliphatic heterocycles. The van der Waals surface area contributed by atoms with Gasteiger partial charge in [0, 0.05) is 38.1 Å². The van der Waals surface area contributed by atoms with E-state index in [9.17, 15) is 4.79 Å². The highest BCUT2D eigenvalue weighted by Crippen LogP contribution is 2.13. The second kappa shape index (κ2) is 14.2. The summed E-state index contributed by atoms with van der Waals surface area (Å²) >= 11 is 1.77. The lowest BCUT2D eigenvalue weighted by molar-refractivity contribution is -0.127. The van der Waals surface area contributed by atoms with Crippen LogP contribution in [0, 0.1) is 0 Å². The van der Waals surface area contributed by atoms with Crippen LogP contribution in [0.1, 0.15) is 37.5 Å². The quantitative estimate of drug-likeness (QED) is 0.298. The molecule has 1 saturated heterocycles. The number of rotatable bonds is 9. The van der Waals surface area contributed by atoms with Gasteiger partial charge in [0.1, 0.15) is 6.54 Å². The molecule has 1 aromatic rings. The molecule has 1 unspecified atom stereocenters. The molecule has 0 aromatic carbocycles. The number of nitrogens with zero attached hydrogens (tertiary/aromatic N) is 3. The molecular weight excluding hydrogens is 485 g/mol. The molecule has 6 nitrogen and oxygen atoms in total. The number of piperidine rings is 1. The van der Waals surface area contributed by atoms with Gasteiger partial charge < -0.3 is 20.4 Å². The fourth-order valence-corrected chi connectivity index (χ4v) is 3.87. The van der Waals surface area contributed by atoms with Crippen LogP contribution >= 0.6 is 35.3 Å². The Balaban J connectivity index is 0.00000392. The van der Waals surface area contributed by atoms with Crippen molar-refractivity contribution in [1.82, 2.24) is 20.4 Å². The van der Waals surface area contributed by atoms with E-state index in [4.69, 9.17) is 0 Å². The van der Waals surface area contributed by atoms with Crippen molar-refractivity contribution in [2.75, 3.05) is 46.8 Å². The van der Waals surface area contributed by atoms with Crippen molar-refractivity contribution in [2.24, 2.45) is 4.99 Å². The van der Waals surface area contributed by atoms with Gasteiger partial charge in [0.2, 0.25) is 5.91 Å². The fourth-order valence-electron chi connectivity index (χ4n) is 3.16. The van der Waals surface area contributed by atoms with Gasteiger partial charge in [0.25, 0.3) is 0 Å². The van der Waals surface area contributed by atoms with Crippen LogP contribution < -0.4 is 10.6 Å². The molecule has 28 heavy (non-hydrogen) atoms. The Kier molecular flexibility index (Phi) is 12.7. The Morgan fingerprint density at radius 2 is 1.96 bits per heavy atom. The third-order valence-electron chi connectivity index (χ3n) is 4.98. The molecule has 1 amide bonds. The molecule has 1 aliphatic rings. The van der Waals surface area contributed by atoms with E-state index in [1.807, 2.05) is 0 Å². The van der Waals surface area contributed by atoms with E-state index in [1.165, 1.54) is 37.2 Å². The molecule has 0 bridgehead atoms. The van der Waals surface area contributed by atoms with Gasteiger partial charge in [-0.15, -0.1) is 35.3 Å². The highest BCUT2D eigenvalue weighted by atomic mass is 127. The van der Waals surface area contributed by atoms with Crippen molar-refractivity contribution in [1.29, 1.82) is 0 Å². The molecule has 160 valence electrons. The van der Waals surface area contributed by atoms with Crippen LogP contribution in [-0.4, -0.2) is 74.5 Å². The third kappa shape index (κ3) is 9.56. The molecule has 0 saturated carbocycles. The lowest BCUT2D eigenvalue weighted by atomic mass is 10.1. The molecule has 2 heterocycles. The van der Waals surface area contributed by atoms with E-state index < -0.39 is 0 Å². The number of likely N-dealkylation sites (tertiary alicyclic amines) is 1. The van der Waals surface area contributed by atoms with Gasteiger partial charge in [-0.1, -0.05) is 12.5 Å². The average molecular weight is 522 g/mol. The summed E-state index contributed by atoms with van der Waals surface area (Å²) in [6.45, 7) is 6.59. The zero-order valence-corrected chi connectivity index (χ0v) is 20.6. The van der Waals surface area contributed by atoms with Crippen molar-refractivity contribution in [3.63, 3.8) is 0 Å². The second-order valence-corrected chi connectivity index (χ2v) is 8.40. The molecule has 1 fully saturated rings. The lowest BCUT2D eigenvalue weighted by Gasteiger charge is -2.32. The number of thiophene rings is 1. The first-order valence-corrected chi connectivity index (χ1v) is 10.9. The number of hydrogen-bond donors (Lipinski definition) is 2. The molecule has 8 heteroatoms. The van der Waals surface area contributed by atoms with Crippen molar-refractivity contribution >= 4 is 47.2 Å². The summed E-state index contributed by atoms with van der Waals surface area (Å²) < 4.78 is 0. The van der Waals surface area contributed by atoms with Gasteiger partial charge in [-0.2, -0.15) is 0 Å². The molecule has 2 rings (SSSR count). The van der Waals surface area contributed by atoms with E-state index in [0.717, 1.165) is 31.9 Å². The number of aliphatic imine (C=N–C) groups is 1. The fraction of sp³-hybridized carbons (Fsp3) is 0.700. The van der Waals surface area contributed by atoms with Crippen molar-refractivity contribution in [3.8, 4) is 0 Å². The minimum Gasteiger partial charge on any atom is -0.356 e. The number of halogens is 1. The predicted octanol–water partition coefficient (Wildman–Crippen LogP) is 2.80. The maximum absolute atomic E-state index is 11.9. The highest BCUT2D eigenvalue weighted by Gasteiger charge is 2.16. The Morgan fingerprint density at radius 3 is 2.61 bits per heavy atom. The Hall–Kier alpha value is -0.870. The summed E-state index contributed by atoms with van der Waals surface area (Å²) in [7, 11) is 3.52. The van der Waals surface area contributed by atoms with Crippen LogP contribution in [0.25, 0.3) is 0 Å². The number of guanidine groups is 1. The van der Waals surface area contributed by atoms with E-state index in [1.54, 1.807) is 30.3 Å². The van der Waals surface area contributed by atoms with Gasteiger partial charge in [-0.25, -0.2) is 4.99 Å². The molecule has 2 N–H and O–H groups in total. The molecular formula is C20H36IN5OS. The predicted molar refractivity (Wildman–Crippen MR) is 130 cm³/mol. The van der Waals surface area contributed by atoms with Gasteiger partial charge in [0.15, 0.2) is 5.96 Å². The molecule has 1 aromatic heterocycles. The van der Waals surface area contributed by atoms with Gasteiger partial charge in [0.05, 0.1) is 0 Å². The minimum atomic E-state index is 0. The number of hydrogen-bond acceptors (Lipinski definition) is 4. The van der Waals surface area contributed by atoms with E-state index in [0.29, 0.717) is 6.04 Å². The van der Waals surface area contributed by atoms with E-state index in [-0.39, 0.29) is 36.4 Å². The first kappa shape index (κ1) is 25.2. The average Bonchev–Trinajstić information content (AvgIpc) is 3.19. The van der Waals surface area contributed by atoms with Gasteiger partial charge >= 0.3 is 0 Å². The first-order valence-electron chi connectivity index (χ1n) is 10.0. The maximum atomic E-state index is 11.9. The maximum Gasteiger partial charge on any atom is 0.243 e. The van der Waals surface area contributed by atoms with Crippen molar-refractivity contribution in [3.05, 3.63) is 22.4 Å². The first-order chi connectivity index (χ1) is 13.1. The molecule has 1 atom stereocenters. The highest BCUT2D eigenvalue weighted by molar-refractivity contribution is 14.0. The Bertz CT molecular complexity index is 573. The summed E-state index contributed by atoms with van der Waals surface area (Å²) in [5.41, 5.74) is 0. The topological polar surface area (TPSA) is 60.0 Å². The van der Waals surface area contributed by atoms with Crippen LogP contribution in [0.4, 0.5) is 0 Å². The Morgan fingerprint density at radius 1 is 1.25 bits per heavy atom. The Labute approximate surface area is 191 Å². The molecule has 0 radical (unpaired) electrons. The number of amides is 1. The minimum absolute atomic E-state index is 0. The lowest BCUT2D eigenvalue weighted by Crippen LogP contribution is -2.43. The smallest absolute Gasteiger partial charge is 0.243 e. The second-order valence-electron chi connectivity index (χ2n) is 7.37. The normalized spacial score (nSPS) is 16.2. The third-order valence-corrected chi connectivity index (χ3v) is 5.92. The van der Waals surface area contributed by atoms with Crippen LogP contribution in [0.3, 0.4) is 0 Å². The van der Waals surface area contributed by atoms with Crippen LogP contribution in [-0.2, 0) is 11.2 Å². The number of nitrogens with one attached hydrogen (secondary N) is 2. The SMILES string of the molecule is CC(CCNC(=NCC(=O)N(C)C)NCCc1cccs1)N1CCCCC1.I. The summed E-state index contributed by atoms with van der Waals surface area (Å²) in [6, 6.07) is 4.80. The number of likely N-dealkylation sites (N-methyl/N-ethyl adjacent to an activating group) is 1. The van der Waals surface area contributed by atoms with E-state index in [2.05, 4.69) is 45.0 Å². The van der Waals surface area contributed by atoms with Crippen LogP contribution in [0.15, 0.2) is 22.5 Å². The van der Waals surface area contributed by atoms with Crippen LogP contribution in [0.5, 0.6) is 0 Å². The summed E-state index contributed by atoms with van der Waals surface area (Å²) in [6.07, 6.45) is 6.05. The summed E-state index contributed by atoms with van der Waals surface area (Å²) in [5, 5.41) is 8.87. The number of carbonyl (C=O) groups is 1. The monoisotopic (exact) mass is 521 g/mol.